The Labute approximate surface area is 182 Å². The molecule has 0 aromatic heterocycles. The molecule has 8 heteroatoms. The molecule has 0 aliphatic heterocycles. The van der Waals surface area contributed by atoms with Crippen LogP contribution in [0.2, 0.25) is 0 Å². The zero-order valence-corrected chi connectivity index (χ0v) is 19.8. The molecule has 2 N–H and O–H groups in total. The zero-order valence-electron chi connectivity index (χ0n) is 16.6. The number of hydrogen-bond acceptors (Lipinski definition) is 4. The van der Waals surface area contributed by atoms with E-state index in [1.165, 1.54) is 0 Å². The number of nitrogens with one attached hydrogen (secondary N) is 2. The molecule has 1 aromatic carbocycles. The Morgan fingerprint density at radius 2 is 2.00 bits per heavy atom. The van der Waals surface area contributed by atoms with Gasteiger partial charge in [-0.25, -0.2) is 0 Å². The second kappa shape index (κ2) is 12.4. The maximum atomic E-state index is 12.1. The highest BCUT2D eigenvalue weighted by atomic mass is 127. The number of methoxy groups -OCH3 is 2. The summed E-state index contributed by atoms with van der Waals surface area (Å²) in [5.74, 6) is 2.94. The SMILES string of the molecule is CCS(=O)C1CCCC(NC(=NC)NCc2ccc(OC)c(OC)c2)C1.I. The normalized spacial score (nSPS) is 21.0. The van der Waals surface area contributed by atoms with Crippen molar-refractivity contribution in [1.29, 1.82) is 0 Å². The highest BCUT2D eigenvalue weighted by molar-refractivity contribution is 14.0. The summed E-state index contributed by atoms with van der Waals surface area (Å²) in [5, 5.41) is 7.13. The van der Waals surface area contributed by atoms with Crippen LogP contribution in [0, 0.1) is 0 Å². The summed E-state index contributed by atoms with van der Waals surface area (Å²) in [4.78, 5) is 4.33. The molecule has 1 aliphatic carbocycles. The van der Waals surface area contributed by atoms with Crippen molar-refractivity contribution in [3.05, 3.63) is 23.8 Å². The van der Waals surface area contributed by atoms with Gasteiger partial charge >= 0.3 is 0 Å². The molecular weight excluding hydrogens is 477 g/mol. The topological polar surface area (TPSA) is 72.0 Å². The molecule has 1 aromatic rings. The molecule has 1 aliphatic rings. The maximum absolute atomic E-state index is 12.1. The number of aliphatic imine (C=N–C) groups is 1. The maximum Gasteiger partial charge on any atom is 0.191 e. The van der Waals surface area contributed by atoms with Crippen molar-refractivity contribution in [2.24, 2.45) is 4.99 Å². The summed E-state index contributed by atoms with van der Waals surface area (Å²) in [6, 6.07) is 6.18. The van der Waals surface area contributed by atoms with Gasteiger partial charge in [0.2, 0.25) is 0 Å². The lowest BCUT2D eigenvalue weighted by atomic mass is 9.95. The van der Waals surface area contributed by atoms with Crippen molar-refractivity contribution in [3.63, 3.8) is 0 Å². The lowest BCUT2D eigenvalue weighted by Crippen LogP contribution is -2.46. The number of hydrogen-bond donors (Lipinski definition) is 2. The van der Waals surface area contributed by atoms with Gasteiger partial charge in [-0.3, -0.25) is 9.20 Å². The molecule has 154 valence electrons. The second-order valence-corrected chi connectivity index (χ2v) is 8.42. The molecule has 0 spiro atoms. The van der Waals surface area contributed by atoms with E-state index in [0.29, 0.717) is 23.6 Å². The van der Waals surface area contributed by atoms with Gasteiger partial charge in [-0.05, 0) is 37.0 Å². The average molecular weight is 509 g/mol. The Kier molecular flexibility index (Phi) is 11.1. The fourth-order valence-corrected chi connectivity index (χ4v) is 4.66. The van der Waals surface area contributed by atoms with Crippen molar-refractivity contribution in [2.45, 2.75) is 50.4 Å². The third-order valence-corrected chi connectivity index (χ3v) is 6.50. The van der Waals surface area contributed by atoms with Gasteiger partial charge in [0.05, 0.1) is 14.2 Å². The minimum Gasteiger partial charge on any atom is -0.493 e. The molecule has 0 amide bonds. The van der Waals surface area contributed by atoms with Gasteiger partial charge < -0.3 is 20.1 Å². The van der Waals surface area contributed by atoms with Crippen LogP contribution in [0.4, 0.5) is 0 Å². The number of halogens is 1. The van der Waals surface area contributed by atoms with Crippen molar-refractivity contribution in [2.75, 3.05) is 27.0 Å². The Hall–Kier alpha value is -1.03. The summed E-state index contributed by atoms with van der Waals surface area (Å²) in [6.45, 7) is 2.63. The van der Waals surface area contributed by atoms with Gasteiger partial charge in [-0.1, -0.05) is 19.4 Å². The number of ether oxygens (including phenoxy) is 2. The molecule has 6 nitrogen and oxygen atoms in total. The summed E-state index contributed by atoms with van der Waals surface area (Å²) in [7, 11) is 4.32. The quantitative estimate of drug-likeness (QED) is 0.336. The Morgan fingerprint density at radius 3 is 2.63 bits per heavy atom. The van der Waals surface area contributed by atoms with E-state index in [4.69, 9.17) is 9.47 Å². The van der Waals surface area contributed by atoms with E-state index in [0.717, 1.165) is 48.7 Å². The molecule has 0 bridgehead atoms. The third kappa shape index (κ3) is 7.14. The van der Waals surface area contributed by atoms with Crippen molar-refractivity contribution < 1.29 is 13.7 Å². The van der Waals surface area contributed by atoms with E-state index in [1.807, 2.05) is 25.1 Å². The minimum absolute atomic E-state index is 0. The van der Waals surface area contributed by atoms with Crippen LogP contribution in [0.1, 0.15) is 38.2 Å². The molecule has 0 saturated heterocycles. The van der Waals surface area contributed by atoms with Gasteiger partial charge in [-0.15, -0.1) is 24.0 Å². The van der Waals surface area contributed by atoms with Crippen LogP contribution in [-0.2, 0) is 17.3 Å². The van der Waals surface area contributed by atoms with E-state index in [9.17, 15) is 4.21 Å². The first-order valence-electron chi connectivity index (χ1n) is 9.16. The Balaban J connectivity index is 0.00000364. The first-order valence-corrected chi connectivity index (χ1v) is 10.5. The monoisotopic (exact) mass is 509 g/mol. The molecule has 3 atom stereocenters. The average Bonchev–Trinajstić information content (AvgIpc) is 2.70. The number of rotatable bonds is 7. The largest absolute Gasteiger partial charge is 0.493 e. The van der Waals surface area contributed by atoms with Crippen LogP contribution in [0.15, 0.2) is 23.2 Å². The fourth-order valence-electron chi connectivity index (χ4n) is 3.31. The molecular formula is C19H32IN3O3S. The van der Waals surface area contributed by atoms with Gasteiger partial charge in [-0.2, -0.15) is 0 Å². The third-order valence-electron chi connectivity index (χ3n) is 4.75. The van der Waals surface area contributed by atoms with Gasteiger partial charge in [0.1, 0.15) is 0 Å². The van der Waals surface area contributed by atoms with E-state index in [-0.39, 0.29) is 24.0 Å². The first-order chi connectivity index (χ1) is 12.6. The summed E-state index contributed by atoms with van der Waals surface area (Å²) in [6.07, 6.45) is 4.21. The zero-order chi connectivity index (χ0) is 18.9. The standard InChI is InChI=1S/C19H31N3O3S.HI/c1-5-26(23)16-8-6-7-15(12-16)22-19(20-2)21-13-14-9-10-17(24-3)18(11-14)25-4;/h9-11,15-16H,5-8,12-13H2,1-4H3,(H2,20,21,22);1H. The van der Waals surface area contributed by atoms with Crippen LogP contribution < -0.4 is 20.1 Å². The van der Waals surface area contributed by atoms with Crippen molar-refractivity contribution in [1.82, 2.24) is 10.6 Å². The smallest absolute Gasteiger partial charge is 0.191 e. The summed E-state index contributed by atoms with van der Waals surface area (Å²) >= 11 is 0. The number of benzene rings is 1. The highest BCUT2D eigenvalue weighted by Gasteiger charge is 2.26. The number of guanidine groups is 1. The van der Waals surface area contributed by atoms with E-state index in [1.54, 1.807) is 21.3 Å². The fraction of sp³-hybridized carbons (Fsp3) is 0.632. The lowest BCUT2D eigenvalue weighted by molar-refractivity contribution is 0.354. The molecule has 27 heavy (non-hydrogen) atoms. The predicted octanol–water partition coefficient (Wildman–Crippen LogP) is 3.07. The van der Waals surface area contributed by atoms with E-state index in [2.05, 4.69) is 15.6 Å². The van der Waals surface area contributed by atoms with Crippen LogP contribution in [0.3, 0.4) is 0 Å². The Bertz CT molecular complexity index is 643. The van der Waals surface area contributed by atoms with Crippen molar-refractivity contribution in [3.8, 4) is 11.5 Å². The van der Waals surface area contributed by atoms with Crippen LogP contribution in [-0.4, -0.2) is 48.5 Å². The number of nitrogens with zero attached hydrogens (tertiary/aromatic N) is 1. The van der Waals surface area contributed by atoms with E-state index < -0.39 is 10.8 Å². The van der Waals surface area contributed by atoms with Gasteiger partial charge in [0, 0.05) is 41.4 Å². The van der Waals surface area contributed by atoms with E-state index >= 15 is 0 Å². The molecule has 0 heterocycles. The van der Waals surface area contributed by atoms with Gasteiger partial charge in [0.15, 0.2) is 17.5 Å². The second-order valence-electron chi connectivity index (χ2n) is 6.41. The molecule has 2 rings (SSSR count). The first kappa shape index (κ1) is 24.0. The molecule has 1 saturated carbocycles. The predicted molar refractivity (Wildman–Crippen MR) is 123 cm³/mol. The lowest BCUT2D eigenvalue weighted by Gasteiger charge is -2.30. The van der Waals surface area contributed by atoms with Crippen LogP contribution >= 0.6 is 24.0 Å². The molecule has 1 fully saturated rings. The van der Waals surface area contributed by atoms with Crippen LogP contribution in [0.5, 0.6) is 11.5 Å². The van der Waals surface area contributed by atoms with Crippen molar-refractivity contribution >= 4 is 40.7 Å². The Morgan fingerprint density at radius 1 is 1.26 bits per heavy atom. The summed E-state index contributed by atoms with van der Waals surface area (Å²) in [5.41, 5.74) is 1.08. The molecule has 3 unspecified atom stereocenters. The molecule has 0 radical (unpaired) electrons. The highest BCUT2D eigenvalue weighted by Crippen LogP contribution is 2.27. The van der Waals surface area contributed by atoms with Gasteiger partial charge in [0.25, 0.3) is 0 Å². The van der Waals surface area contributed by atoms with Crippen LogP contribution in [0.25, 0.3) is 0 Å². The minimum atomic E-state index is -0.717. The summed E-state index contributed by atoms with van der Waals surface area (Å²) < 4.78 is 22.7.